The van der Waals surface area contributed by atoms with Crippen LogP contribution in [0.15, 0.2) is 36.7 Å². The van der Waals surface area contributed by atoms with Crippen molar-refractivity contribution in [3.8, 4) is 0 Å². The van der Waals surface area contributed by atoms with Gasteiger partial charge in [0.15, 0.2) is 0 Å². The molecule has 1 aromatic heterocycles. The van der Waals surface area contributed by atoms with E-state index < -0.39 is 0 Å². The maximum Gasteiger partial charge on any atom is 0.113 e. The molecule has 2 aromatic rings. The monoisotopic (exact) mass is 220 g/mol. The van der Waals surface area contributed by atoms with E-state index in [2.05, 4.69) is 29.0 Å². The van der Waals surface area contributed by atoms with Gasteiger partial charge in [-0.2, -0.15) is 0 Å². The number of hydrogen-bond donors (Lipinski definition) is 1. The second kappa shape index (κ2) is 4.49. The summed E-state index contributed by atoms with van der Waals surface area (Å²) in [7, 11) is 0. The molecule has 2 nitrogen and oxygen atoms in total. The first-order valence-corrected chi connectivity index (χ1v) is 5.43. The molecule has 15 heavy (non-hydrogen) atoms. The SMILES string of the molecule is CCC(c1ccc(Cl)cc1)c1ncc[nH]1. The topological polar surface area (TPSA) is 28.7 Å². The van der Waals surface area contributed by atoms with E-state index in [9.17, 15) is 0 Å². The predicted molar refractivity (Wildman–Crippen MR) is 62.2 cm³/mol. The van der Waals surface area contributed by atoms with E-state index in [4.69, 9.17) is 11.6 Å². The molecule has 0 fully saturated rings. The molecule has 1 atom stereocenters. The van der Waals surface area contributed by atoms with E-state index in [1.807, 2.05) is 18.3 Å². The number of nitrogens with zero attached hydrogens (tertiary/aromatic N) is 1. The molecular weight excluding hydrogens is 208 g/mol. The van der Waals surface area contributed by atoms with Crippen molar-refractivity contribution in [1.29, 1.82) is 0 Å². The predicted octanol–water partition coefficient (Wildman–Crippen LogP) is 3.61. The molecule has 0 bridgehead atoms. The van der Waals surface area contributed by atoms with Crippen LogP contribution in [0.3, 0.4) is 0 Å². The minimum Gasteiger partial charge on any atom is -0.348 e. The first kappa shape index (κ1) is 10.2. The second-order valence-electron chi connectivity index (χ2n) is 3.49. The van der Waals surface area contributed by atoms with Crippen LogP contribution in [0.4, 0.5) is 0 Å². The van der Waals surface area contributed by atoms with Crippen molar-refractivity contribution in [2.45, 2.75) is 19.3 Å². The van der Waals surface area contributed by atoms with Crippen LogP contribution >= 0.6 is 11.6 Å². The Bertz CT molecular complexity index is 406. The van der Waals surface area contributed by atoms with Crippen molar-refractivity contribution >= 4 is 11.6 Å². The Balaban J connectivity index is 2.31. The number of hydrogen-bond acceptors (Lipinski definition) is 1. The van der Waals surface area contributed by atoms with Gasteiger partial charge < -0.3 is 4.98 Å². The number of aromatic nitrogens is 2. The van der Waals surface area contributed by atoms with Crippen molar-refractivity contribution in [2.75, 3.05) is 0 Å². The summed E-state index contributed by atoms with van der Waals surface area (Å²) in [4.78, 5) is 7.45. The van der Waals surface area contributed by atoms with Crippen LogP contribution in [-0.2, 0) is 0 Å². The Hall–Kier alpha value is -1.28. The van der Waals surface area contributed by atoms with E-state index in [1.165, 1.54) is 5.56 Å². The van der Waals surface area contributed by atoms with E-state index in [1.54, 1.807) is 6.20 Å². The number of benzene rings is 1. The fraction of sp³-hybridized carbons (Fsp3) is 0.250. The maximum absolute atomic E-state index is 5.86. The number of aromatic amines is 1. The van der Waals surface area contributed by atoms with Crippen LogP contribution in [0, 0.1) is 0 Å². The minimum atomic E-state index is 0.331. The third-order valence-corrected chi connectivity index (χ3v) is 2.78. The maximum atomic E-state index is 5.86. The third kappa shape index (κ3) is 2.21. The molecule has 1 aromatic carbocycles. The summed E-state index contributed by atoms with van der Waals surface area (Å²) < 4.78 is 0. The summed E-state index contributed by atoms with van der Waals surface area (Å²) in [5.41, 5.74) is 1.25. The van der Waals surface area contributed by atoms with Crippen molar-refractivity contribution in [2.24, 2.45) is 0 Å². The minimum absolute atomic E-state index is 0.331. The molecule has 0 amide bonds. The molecule has 78 valence electrons. The molecule has 0 saturated carbocycles. The van der Waals surface area contributed by atoms with Crippen LogP contribution in [-0.4, -0.2) is 9.97 Å². The van der Waals surface area contributed by atoms with Gasteiger partial charge >= 0.3 is 0 Å². The highest BCUT2D eigenvalue weighted by atomic mass is 35.5. The highest BCUT2D eigenvalue weighted by Gasteiger charge is 2.13. The number of nitrogens with one attached hydrogen (secondary N) is 1. The van der Waals surface area contributed by atoms with Crippen LogP contribution in [0.1, 0.15) is 30.7 Å². The molecular formula is C12H13ClN2. The van der Waals surface area contributed by atoms with Crippen LogP contribution in [0.25, 0.3) is 0 Å². The lowest BCUT2D eigenvalue weighted by molar-refractivity contribution is 0.729. The summed E-state index contributed by atoms with van der Waals surface area (Å²) in [5.74, 6) is 1.34. The molecule has 1 heterocycles. The second-order valence-corrected chi connectivity index (χ2v) is 3.92. The molecule has 1 unspecified atom stereocenters. The molecule has 0 radical (unpaired) electrons. The highest BCUT2D eigenvalue weighted by molar-refractivity contribution is 6.30. The molecule has 0 aliphatic rings. The normalized spacial score (nSPS) is 12.7. The van der Waals surface area contributed by atoms with Crippen molar-refractivity contribution in [3.63, 3.8) is 0 Å². The first-order chi connectivity index (χ1) is 7.31. The van der Waals surface area contributed by atoms with E-state index >= 15 is 0 Å². The molecule has 2 rings (SSSR count). The van der Waals surface area contributed by atoms with Crippen molar-refractivity contribution in [3.05, 3.63) is 53.1 Å². The lowest BCUT2D eigenvalue weighted by Crippen LogP contribution is -2.01. The number of rotatable bonds is 3. The fourth-order valence-corrected chi connectivity index (χ4v) is 1.88. The summed E-state index contributed by atoms with van der Waals surface area (Å²) >= 11 is 5.86. The smallest absolute Gasteiger partial charge is 0.113 e. The van der Waals surface area contributed by atoms with Crippen LogP contribution in [0.5, 0.6) is 0 Å². The zero-order valence-electron chi connectivity index (χ0n) is 8.57. The quantitative estimate of drug-likeness (QED) is 0.841. The summed E-state index contributed by atoms with van der Waals surface area (Å²) in [5, 5.41) is 0.771. The molecule has 0 aliphatic carbocycles. The third-order valence-electron chi connectivity index (χ3n) is 2.53. The van der Waals surface area contributed by atoms with Gasteiger partial charge in [-0.1, -0.05) is 30.7 Å². The van der Waals surface area contributed by atoms with Gasteiger partial charge in [-0.15, -0.1) is 0 Å². The average molecular weight is 221 g/mol. The summed E-state index contributed by atoms with van der Waals surface area (Å²) in [6.45, 7) is 2.15. The van der Waals surface area contributed by atoms with Crippen molar-refractivity contribution < 1.29 is 0 Å². The fourth-order valence-electron chi connectivity index (χ4n) is 1.75. The number of H-pyrrole nitrogens is 1. The largest absolute Gasteiger partial charge is 0.348 e. The first-order valence-electron chi connectivity index (χ1n) is 5.06. The van der Waals surface area contributed by atoms with E-state index in [-0.39, 0.29) is 0 Å². The van der Waals surface area contributed by atoms with Crippen LogP contribution in [0.2, 0.25) is 5.02 Å². The standard InChI is InChI=1S/C12H13ClN2/c1-2-11(12-14-7-8-15-12)9-3-5-10(13)6-4-9/h3-8,11H,2H2,1H3,(H,14,15). The Kier molecular flexibility index (Phi) is 3.07. The molecule has 3 heteroatoms. The Morgan fingerprint density at radius 2 is 2.07 bits per heavy atom. The van der Waals surface area contributed by atoms with Gasteiger partial charge in [-0.3, -0.25) is 0 Å². The zero-order chi connectivity index (χ0) is 10.7. The Labute approximate surface area is 94.3 Å². The number of imidazole rings is 1. The molecule has 1 N–H and O–H groups in total. The summed E-state index contributed by atoms with van der Waals surface area (Å²) in [6.07, 6.45) is 4.66. The van der Waals surface area contributed by atoms with Gasteiger partial charge in [0.2, 0.25) is 0 Å². The number of halogens is 1. The lowest BCUT2D eigenvalue weighted by Gasteiger charge is -2.12. The van der Waals surface area contributed by atoms with Gasteiger partial charge in [-0.25, -0.2) is 4.98 Å². The van der Waals surface area contributed by atoms with Gasteiger partial charge in [-0.05, 0) is 24.1 Å². The molecule has 0 spiro atoms. The van der Waals surface area contributed by atoms with E-state index in [0.29, 0.717) is 5.92 Å². The van der Waals surface area contributed by atoms with Gasteiger partial charge in [0.05, 0.1) is 0 Å². The molecule has 0 saturated heterocycles. The van der Waals surface area contributed by atoms with Crippen LogP contribution < -0.4 is 0 Å². The zero-order valence-corrected chi connectivity index (χ0v) is 9.33. The Morgan fingerprint density at radius 3 is 2.60 bits per heavy atom. The van der Waals surface area contributed by atoms with Gasteiger partial charge in [0.1, 0.15) is 5.82 Å². The van der Waals surface area contributed by atoms with Gasteiger partial charge in [0.25, 0.3) is 0 Å². The van der Waals surface area contributed by atoms with Crippen molar-refractivity contribution in [1.82, 2.24) is 9.97 Å². The Morgan fingerprint density at radius 1 is 1.33 bits per heavy atom. The van der Waals surface area contributed by atoms with E-state index in [0.717, 1.165) is 17.3 Å². The lowest BCUT2D eigenvalue weighted by atomic mass is 9.96. The highest BCUT2D eigenvalue weighted by Crippen LogP contribution is 2.25. The summed E-state index contributed by atoms with van der Waals surface area (Å²) in [6, 6.07) is 7.95. The van der Waals surface area contributed by atoms with Gasteiger partial charge in [0, 0.05) is 23.3 Å². The molecule has 0 aliphatic heterocycles. The average Bonchev–Trinajstić information content (AvgIpc) is 2.75.